The molecule has 0 fully saturated rings. The molecule has 22 heavy (non-hydrogen) atoms. The van der Waals surface area contributed by atoms with Crippen LogP contribution in [0.3, 0.4) is 0 Å². The Kier molecular flexibility index (Phi) is 5.80. The highest BCUT2D eigenvalue weighted by Gasteiger charge is 2.08. The second-order valence-corrected chi connectivity index (χ2v) is 5.25. The van der Waals surface area contributed by atoms with Crippen LogP contribution in [0.25, 0.3) is 0 Å². The maximum absolute atomic E-state index is 6.12. The SMILES string of the molecule is COCCCNc1ncnc(Nc2ccc(C)c(Cl)c2)c1N. The second-order valence-electron chi connectivity index (χ2n) is 4.85. The van der Waals surface area contributed by atoms with Gasteiger partial charge in [0.05, 0.1) is 0 Å². The third kappa shape index (κ3) is 4.22. The van der Waals surface area contributed by atoms with Gasteiger partial charge in [-0.1, -0.05) is 17.7 Å². The van der Waals surface area contributed by atoms with E-state index in [-0.39, 0.29) is 0 Å². The molecule has 7 heteroatoms. The van der Waals surface area contributed by atoms with E-state index in [0.717, 1.165) is 24.2 Å². The van der Waals surface area contributed by atoms with Gasteiger partial charge in [0.15, 0.2) is 11.6 Å². The summed E-state index contributed by atoms with van der Waals surface area (Å²) >= 11 is 6.12. The van der Waals surface area contributed by atoms with Crippen LogP contribution in [0.15, 0.2) is 24.5 Å². The average molecular weight is 322 g/mol. The van der Waals surface area contributed by atoms with Gasteiger partial charge in [0.1, 0.15) is 12.0 Å². The number of anilines is 4. The summed E-state index contributed by atoms with van der Waals surface area (Å²) in [4.78, 5) is 8.33. The predicted molar refractivity (Wildman–Crippen MR) is 90.9 cm³/mol. The first-order valence-corrected chi connectivity index (χ1v) is 7.36. The zero-order chi connectivity index (χ0) is 15.9. The Labute approximate surface area is 135 Å². The number of halogens is 1. The Morgan fingerprint density at radius 2 is 2.05 bits per heavy atom. The third-order valence-corrected chi connectivity index (χ3v) is 3.54. The minimum atomic E-state index is 0.469. The van der Waals surface area contributed by atoms with E-state index in [1.807, 2.05) is 25.1 Å². The van der Waals surface area contributed by atoms with Crippen LogP contribution in [0.4, 0.5) is 23.0 Å². The highest BCUT2D eigenvalue weighted by molar-refractivity contribution is 6.31. The largest absolute Gasteiger partial charge is 0.393 e. The molecule has 1 aromatic carbocycles. The molecule has 0 saturated carbocycles. The molecule has 0 amide bonds. The number of hydrogen-bond acceptors (Lipinski definition) is 6. The molecule has 1 aromatic heterocycles. The predicted octanol–water partition coefficient (Wildman–Crippen LogP) is 3.21. The maximum atomic E-state index is 6.12. The normalized spacial score (nSPS) is 10.5. The van der Waals surface area contributed by atoms with Crippen LogP contribution in [0.2, 0.25) is 5.02 Å². The molecule has 0 atom stereocenters. The fourth-order valence-electron chi connectivity index (χ4n) is 1.87. The van der Waals surface area contributed by atoms with Crippen LogP contribution in [0.5, 0.6) is 0 Å². The minimum Gasteiger partial charge on any atom is -0.393 e. The molecule has 0 spiro atoms. The van der Waals surface area contributed by atoms with Gasteiger partial charge in [0, 0.05) is 31.0 Å². The van der Waals surface area contributed by atoms with Gasteiger partial charge >= 0.3 is 0 Å². The van der Waals surface area contributed by atoms with E-state index in [4.69, 9.17) is 22.1 Å². The molecule has 2 aromatic rings. The van der Waals surface area contributed by atoms with Gasteiger partial charge in [-0.2, -0.15) is 0 Å². The number of rotatable bonds is 7. The number of nitrogen functional groups attached to an aromatic ring is 1. The van der Waals surface area contributed by atoms with E-state index in [0.29, 0.717) is 29.0 Å². The second kappa shape index (κ2) is 7.82. The average Bonchev–Trinajstić information content (AvgIpc) is 2.51. The Morgan fingerprint density at radius 1 is 1.27 bits per heavy atom. The van der Waals surface area contributed by atoms with Crippen LogP contribution in [0.1, 0.15) is 12.0 Å². The lowest BCUT2D eigenvalue weighted by atomic mass is 10.2. The van der Waals surface area contributed by atoms with Crippen LogP contribution in [0, 0.1) is 6.92 Å². The first kappa shape index (κ1) is 16.3. The summed E-state index contributed by atoms with van der Waals surface area (Å²) in [5.41, 5.74) is 8.41. The monoisotopic (exact) mass is 321 g/mol. The van der Waals surface area contributed by atoms with E-state index in [9.17, 15) is 0 Å². The van der Waals surface area contributed by atoms with Crippen molar-refractivity contribution in [2.24, 2.45) is 0 Å². The quantitative estimate of drug-likeness (QED) is 0.679. The third-order valence-electron chi connectivity index (χ3n) is 3.14. The van der Waals surface area contributed by atoms with Crippen molar-refractivity contribution in [1.82, 2.24) is 9.97 Å². The van der Waals surface area contributed by atoms with Crippen LogP contribution in [-0.2, 0) is 4.74 Å². The molecule has 0 unspecified atom stereocenters. The Balaban J connectivity index is 2.09. The van der Waals surface area contributed by atoms with Crippen molar-refractivity contribution in [3.63, 3.8) is 0 Å². The summed E-state index contributed by atoms with van der Waals surface area (Å²) < 4.78 is 5.00. The molecule has 4 N–H and O–H groups in total. The standard InChI is InChI=1S/C15H20ClN5O/c1-10-4-5-11(8-12(10)16)21-15-13(17)14(19-9-20-15)18-6-3-7-22-2/h4-5,8-9H,3,6-7,17H2,1-2H3,(H2,18,19,20,21). The Hall–Kier alpha value is -2.05. The molecule has 0 aliphatic rings. The molecular weight excluding hydrogens is 302 g/mol. The summed E-state index contributed by atoms with van der Waals surface area (Å²) in [5.74, 6) is 1.15. The van der Waals surface area contributed by atoms with Gasteiger partial charge in [-0.25, -0.2) is 9.97 Å². The highest BCUT2D eigenvalue weighted by Crippen LogP contribution is 2.27. The van der Waals surface area contributed by atoms with Crippen molar-refractivity contribution in [2.75, 3.05) is 36.6 Å². The maximum Gasteiger partial charge on any atom is 0.159 e. The van der Waals surface area contributed by atoms with Crippen LogP contribution >= 0.6 is 11.6 Å². The van der Waals surface area contributed by atoms with Gasteiger partial charge in [-0.3, -0.25) is 0 Å². The lowest BCUT2D eigenvalue weighted by Crippen LogP contribution is -2.10. The topological polar surface area (TPSA) is 85.1 Å². The van der Waals surface area contributed by atoms with Crippen molar-refractivity contribution in [3.8, 4) is 0 Å². The number of methoxy groups -OCH3 is 1. The van der Waals surface area contributed by atoms with Gasteiger partial charge in [-0.15, -0.1) is 0 Å². The van der Waals surface area contributed by atoms with E-state index in [2.05, 4.69) is 20.6 Å². The van der Waals surface area contributed by atoms with Crippen LogP contribution in [-0.4, -0.2) is 30.2 Å². The van der Waals surface area contributed by atoms with E-state index >= 15 is 0 Å². The minimum absolute atomic E-state index is 0.469. The van der Waals surface area contributed by atoms with Gasteiger partial charge in [0.2, 0.25) is 0 Å². The number of ether oxygens (including phenoxy) is 1. The van der Waals surface area contributed by atoms with E-state index in [1.54, 1.807) is 7.11 Å². The van der Waals surface area contributed by atoms with Crippen molar-refractivity contribution in [2.45, 2.75) is 13.3 Å². The zero-order valence-corrected chi connectivity index (χ0v) is 13.4. The summed E-state index contributed by atoms with van der Waals surface area (Å²) in [6, 6.07) is 5.70. The number of nitrogens with one attached hydrogen (secondary N) is 2. The molecule has 0 saturated heterocycles. The van der Waals surface area contributed by atoms with Gasteiger partial charge in [-0.05, 0) is 31.0 Å². The summed E-state index contributed by atoms with van der Waals surface area (Å²) in [5, 5.41) is 7.02. The molecule has 6 nitrogen and oxygen atoms in total. The van der Waals surface area contributed by atoms with Crippen LogP contribution < -0.4 is 16.4 Å². The fourth-order valence-corrected chi connectivity index (χ4v) is 2.05. The first-order valence-electron chi connectivity index (χ1n) is 6.98. The number of aromatic nitrogens is 2. The molecule has 0 radical (unpaired) electrons. The van der Waals surface area contributed by atoms with E-state index < -0.39 is 0 Å². The Morgan fingerprint density at radius 3 is 2.77 bits per heavy atom. The lowest BCUT2D eigenvalue weighted by Gasteiger charge is -2.13. The molecule has 2 rings (SSSR count). The van der Waals surface area contributed by atoms with Gasteiger partial charge in [0.25, 0.3) is 0 Å². The van der Waals surface area contributed by atoms with Crippen molar-refractivity contribution in [1.29, 1.82) is 0 Å². The summed E-state index contributed by atoms with van der Waals surface area (Å²) in [6.45, 7) is 3.36. The van der Waals surface area contributed by atoms with Crippen molar-refractivity contribution < 1.29 is 4.74 Å². The van der Waals surface area contributed by atoms with Crippen molar-refractivity contribution in [3.05, 3.63) is 35.1 Å². The zero-order valence-electron chi connectivity index (χ0n) is 12.7. The summed E-state index contributed by atoms with van der Waals surface area (Å²) in [7, 11) is 1.67. The molecule has 0 aliphatic carbocycles. The number of nitrogens with zero attached hydrogens (tertiary/aromatic N) is 2. The lowest BCUT2D eigenvalue weighted by molar-refractivity contribution is 0.198. The first-order chi connectivity index (χ1) is 10.6. The smallest absolute Gasteiger partial charge is 0.159 e. The number of hydrogen-bond donors (Lipinski definition) is 3. The Bertz CT molecular complexity index is 635. The van der Waals surface area contributed by atoms with Crippen molar-refractivity contribution >= 4 is 34.6 Å². The van der Waals surface area contributed by atoms with E-state index in [1.165, 1.54) is 6.33 Å². The molecular formula is C15H20ClN5O. The number of aryl methyl sites for hydroxylation is 1. The number of benzene rings is 1. The summed E-state index contributed by atoms with van der Waals surface area (Å²) in [6.07, 6.45) is 2.34. The van der Waals surface area contributed by atoms with Gasteiger partial charge < -0.3 is 21.1 Å². The molecule has 118 valence electrons. The fraction of sp³-hybridized carbons (Fsp3) is 0.333. The number of nitrogens with two attached hydrogens (primary N) is 1. The molecule has 1 heterocycles. The highest BCUT2D eigenvalue weighted by atomic mass is 35.5. The molecule has 0 aliphatic heterocycles. The molecule has 0 bridgehead atoms.